The zero-order valence-electron chi connectivity index (χ0n) is 19.5. The van der Waals surface area contributed by atoms with Crippen LogP contribution in [0.25, 0.3) is 17.2 Å². The van der Waals surface area contributed by atoms with Crippen LogP contribution in [0.4, 0.5) is 10.2 Å². The molecule has 0 aliphatic carbocycles. The van der Waals surface area contributed by atoms with Gasteiger partial charge >= 0.3 is 5.97 Å². The van der Waals surface area contributed by atoms with E-state index in [4.69, 9.17) is 10.1 Å². The molecule has 0 fully saturated rings. The number of nitrogens with zero attached hydrogens (tertiary/aromatic N) is 2. The summed E-state index contributed by atoms with van der Waals surface area (Å²) in [6.07, 6.45) is 3.57. The molecule has 3 rings (SSSR count). The van der Waals surface area contributed by atoms with E-state index in [1.807, 2.05) is 6.92 Å². The van der Waals surface area contributed by atoms with Crippen LogP contribution in [0.2, 0.25) is 0 Å². The normalized spacial score (nSPS) is 15.8. The summed E-state index contributed by atoms with van der Waals surface area (Å²) in [5.41, 5.74) is 4.02. The molecule has 0 bridgehead atoms. The van der Waals surface area contributed by atoms with Gasteiger partial charge in [0.1, 0.15) is 11.6 Å². The Hall–Kier alpha value is -3.10. The Morgan fingerprint density at radius 2 is 1.94 bits per heavy atom. The summed E-state index contributed by atoms with van der Waals surface area (Å²) in [5, 5.41) is 29.1. The second-order valence-corrected chi connectivity index (χ2v) is 8.63. The maximum Gasteiger partial charge on any atom is 0.305 e. The van der Waals surface area contributed by atoms with Gasteiger partial charge in [0, 0.05) is 31.0 Å². The van der Waals surface area contributed by atoms with Gasteiger partial charge in [-0.1, -0.05) is 37.6 Å². The molecule has 182 valence electrons. The predicted molar refractivity (Wildman–Crippen MR) is 128 cm³/mol. The molecule has 0 spiro atoms. The molecule has 7 nitrogen and oxygen atoms in total. The first-order chi connectivity index (χ1) is 16.2. The summed E-state index contributed by atoms with van der Waals surface area (Å²) in [5.74, 6) is -0.907. The van der Waals surface area contributed by atoms with Gasteiger partial charge in [0.15, 0.2) is 0 Å². The molecular weight excluding hydrogens is 439 g/mol. The maximum atomic E-state index is 13.7. The van der Waals surface area contributed by atoms with E-state index in [1.165, 1.54) is 18.2 Å². The Balaban J connectivity index is 2.14. The van der Waals surface area contributed by atoms with Gasteiger partial charge in [-0.3, -0.25) is 14.5 Å². The monoisotopic (exact) mass is 470 g/mol. The number of aliphatic carboxylic acids is 1. The number of pyridine rings is 1. The van der Waals surface area contributed by atoms with Crippen molar-refractivity contribution in [2.45, 2.75) is 64.1 Å². The van der Waals surface area contributed by atoms with Crippen LogP contribution < -0.4 is 4.90 Å². The zero-order valence-corrected chi connectivity index (χ0v) is 19.5. The highest BCUT2D eigenvalue weighted by Crippen LogP contribution is 2.39. The molecule has 3 N–H and O–H groups in total. The number of hydrogen-bond donors (Lipinski definition) is 3. The van der Waals surface area contributed by atoms with Crippen molar-refractivity contribution in [3.05, 3.63) is 53.0 Å². The van der Waals surface area contributed by atoms with Gasteiger partial charge in [0.05, 0.1) is 24.3 Å². The van der Waals surface area contributed by atoms with Crippen molar-refractivity contribution >= 4 is 23.8 Å². The molecule has 1 aromatic carbocycles. The SMILES string of the molecule is CCCc1nc2c(c(-c3ccc(F)cc3)c1/C=C/[C@@H](O)C[C@@H](O)CC(=O)O)CCCC(=O)N2C. The van der Waals surface area contributed by atoms with Gasteiger partial charge in [0.25, 0.3) is 0 Å². The number of benzene rings is 1. The van der Waals surface area contributed by atoms with Crippen molar-refractivity contribution in [3.63, 3.8) is 0 Å². The first kappa shape index (κ1) is 25.5. The average molecular weight is 471 g/mol. The number of hydrogen-bond acceptors (Lipinski definition) is 5. The van der Waals surface area contributed by atoms with Crippen LogP contribution in [0.1, 0.15) is 55.8 Å². The molecule has 1 aromatic heterocycles. The number of carbonyl (C=O) groups is 2. The van der Waals surface area contributed by atoms with E-state index in [0.29, 0.717) is 31.5 Å². The number of carboxylic acid groups (broad SMARTS) is 1. The standard InChI is InChI=1S/C26H31FN2O5/c1-3-5-22-20(13-12-18(30)14-19(31)15-24(33)34)25(16-8-10-17(27)11-9-16)21-6-4-7-23(32)29(2)26(21)28-22/h8-13,18-19,30-31H,3-7,14-15H2,1-2H3,(H,33,34)/b13-12+/t18-,19-/m1/s1. The Morgan fingerprint density at radius 3 is 2.59 bits per heavy atom. The van der Waals surface area contributed by atoms with Crippen molar-refractivity contribution in [1.82, 2.24) is 4.98 Å². The maximum absolute atomic E-state index is 13.7. The quantitative estimate of drug-likeness (QED) is 0.515. The largest absolute Gasteiger partial charge is 0.481 e. The Labute approximate surface area is 198 Å². The molecule has 1 aliphatic rings. The highest BCUT2D eigenvalue weighted by Gasteiger charge is 2.26. The third kappa shape index (κ3) is 6.07. The third-order valence-corrected chi connectivity index (χ3v) is 5.93. The van der Waals surface area contributed by atoms with E-state index in [1.54, 1.807) is 30.2 Å². The molecule has 0 saturated heterocycles. The molecule has 0 radical (unpaired) electrons. The first-order valence-corrected chi connectivity index (χ1v) is 11.6. The first-order valence-electron chi connectivity index (χ1n) is 11.6. The summed E-state index contributed by atoms with van der Waals surface area (Å²) in [6.45, 7) is 2.02. The van der Waals surface area contributed by atoms with Crippen LogP contribution in [0.5, 0.6) is 0 Å². The van der Waals surface area contributed by atoms with E-state index >= 15 is 0 Å². The second-order valence-electron chi connectivity index (χ2n) is 8.63. The smallest absolute Gasteiger partial charge is 0.305 e. The highest BCUT2D eigenvalue weighted by molar-refractivity contribution is 5.95. The molecule has 1 amide bonds. The number of aryl methyl sites for hydroxylation is 1. The van der Waals surface area contributed by atoms with E-state index in [0.717, 1.165) is 34.4 Å². The summed E-state index contributed by atoms with van der Waals surface area (Å²) >= 11 is 0. The Kier molecular flexibility index (Phi) is 8.52. The van der Waals surface area contributed by atoms with Gasteiger partial charge < -0.3 is 15.3 Å². The minimum Gasteiger partial charge on any atom is -0.481 e. The van der Waals surface area contributed by atoms with E-state index < -0.39 is 24.6 Å². The van der Waals surface area contributed by atoms with Crippen molar-refractivity contribution in [1.29, 1.82) is 0 Å². The molecule has 0 saturated carbocycles. The van der Waals surface area contributed by atoms with Crippen LogP contribution >= 0.6 is 0 Å². The summed E-state index contributed by atoms with van der Waals surface area (Å²) < 4.78 is 13.7. The highest BCUT2D eigenvalue weighted by atomic mass is 19.1. The number of rotatable bonds is 9. The van der Waals surface area contributed by atoms with Crippen LogP contribution in [-0.4, -0.2) is 51.4 Å². The van der Waals surface area contributed by atoms with Crippen molar-refractivity contribution < 1.29 is 29.3 Å². The summed E-state index contributed by atoms with van der Waals surface area (Å²) in [6, 6.07) is 6.16. The van der Waals surface area contributed by atoms with Crippen molar-refractivity contribution in [2.24, 2.45) is 0 Å². The number of carbonyl (C=O) groups excluding carboxylic acids is 1. The average Bonchev–Trinajstić information content (AvgIpc) is 2.91. The van der Waals surface area contributed by atoms with Crippen molar-refractivity contribution in [3.8, 4) is 11.1 Å². The zero-order chi connectivity index (χ0) is 24.8. The number of amides is 1. The summed E-state index contributed by atoms with van der Waals surface area (Å²) in [4.78, 5) is 29.8. The number of anilines is 1. The lowest BCUT2D eigenvalue weighted by Crippen LogP contribution is -2.26. The minimum absolute atomic E-state index is 0.00936. The predicted octanol–water partition coefficient (Wildman–Crippen LogP) is 3.74. The fraction of sp³-hybridized carbons (Fsp3) is 0.423. The lowest BCUT2D eigenvalue weighted by molar-refractivity contribution is -0.139. The van der Waals surface area contributed by atoms with Gasteiger partial charge in [0.2, 0.25) is 5.91 Å². The van der Waals surface area contributed by atoms with Crippen LogP contribution in [0, 0.1) is 5.82 Å². The Morgan fingerprint density at radius 1 is 1.24 bits per heavy atom. The van der Waals surface area contributed by atoms with Gasteiger partial charge in [-0.05, 0) is 42.5 Å². The van der Waals surface area contributed by atoms with E-state index in [2.05, 4.69) is 0 Å². The van der Waals surface area contributed by atoms with Gasteiger partial charge in [-0.15, -0.1) is 0 Å². The van der Waals surface area contributed by atoms with Gasteiger partial charge in [-0.2, -0.15) is 0 Å². The number of fused-ring (bicyclic) bond motifs is 1. The lowest BCUT2D eigenvalue weighted by Gasteiger charge is -2.23. The minimum atomic E-state index is -1.17. The number of halogens is 1. The molecule has 2 atom stereocenters. The van der Waals surface area contributed by atoms with Crippen molar-refractivity contribution in [2.75, 3.05) is 11.9 Å². The molecule has 1 aliphatic heterocycles. The molecule has 0 unspecified atom stereocenters. The van der Waals surface area contributed by atoms with E-state index in [9.17, 15) is 24.2 Å². The second kappa shape index (κ2) is 11.4. The third-order valence-electron chi connectivity index (χ3n) is 5.93. The molecule has 2 heterocycles. The van der Waals surface area contributed by atoms with Crippen LogP contribution in [-0.2, 0) is 22.4 Å². The lowest BCUT2D eigenvalue weighted by atomic mass is 9.90. The van der Waals surface area contributed by atoms with Gasteiger partial charge in [-0.25, -0.2) is 9.37 Å². The molecule has 34 heavy (non-hydrogen) atoms. The fourth-order valence-corrected chi connectivity index (χ4v) is 4.29. The van der Waals surface area contributed by atoms with Crippen LogP contribution in [0.15, 0.2) is 30.3 Å². The number of carboxylic acids is 1. The molecule has 2 aromatic rings. The van der Waals surface area contributed by atoms with E-state index in [-0.39, 0.29) is 18.1 Å². The topological polar surface area (TPSA) is 111 Å². The fourth-order valence-electron chi connectivity index (χ4n) is 4.29. The number of aliphatic hydroxyl groups excluding tert-OH is 2. The molecular formula is C26H31FN2O5. The number of aromatic nitrogens is 1. The molecule has 8 heteroatoms. The number of aliphatic hydroxyl groups is 2. The summed E-state index contributed by atoms with van der Waals surface area (Å²) in [7, 11) is 1.72. The van der Waals surface area contributed by atoms with Crippen LogP contribution in [0.3, 0.4) is 0 Å². The Bertz CT molecular complexity index is 1070.